The second-order valence-corrected chi connectivity index (χ2v) is 8.68. The molecule has 0 fully saturated rings. The van der Waals surface area contributed by atoms with Gasteiger partial charge in [0.1, 0.15) is 0 Å². The van der Waals surface area contributed by atoms with Crippen molar-refractivity contribution in [1.82, 2.24) is 5.32 Å². The second kappa shape index (κ2) is 11.3. The number of amides is 1. The van der Waals surface area contributed by atoms with Crippen molar-refractivity contribution in [1.29, 1.82) is 0 Å². The summed E-state index contributed by atoms with van der Waals surface area (Å²) in [6.07, 6.45) is 0.998. The van der Waals surface area contributed by atoms with Gasteiger partial charge in [-0.05, 0) is 23.5 Å². The molecule has 2 aromatic carbocycles. The van der Waals surface area contributed by atoms with E-state index < -0.39 is 24.6 Å². The zero-order chi connectivity index (χ0) is 23.0. The Morgan fingerprint density at radius 3 is 2.31 bits per heavy atom. The molecule has 1 unspecified atom stereocenters. The van der Waals surface area contributed by atoms with E-state index in [-0.39, 0.29) is 18.9 Å². The number of benzene rings is 2. The summed E-state index contributed by atoms with van der Waals surface area (Å²) in [7, 11) is -1.66. The molecule has 1 heterocycles. The van der Waals surface area contributed by atoms with Crippen LogP contribution in [0.25, 0.3) is 0 Å². The lowest BCUT2D eigenvalue weighted by molar-refractivity contribution is -0.144. The fourth-order valence-electron chi connectivity index (χ4n) is 3.77. The van der Waals surface area contributed by atoms with Gasteiger partial charge in [-0.1, -0.05) is 79.7 Å². The predicted octanol–water partition coefficient (Wildman–Crippen LogP) is 2.50. The first-order valence-electron chi connectivity index (χ1n) is 10.9. The Morgan fingerprint density at radius 1 is 1.09 bits per heavy atom. The molecule has 0 bridgehead atoms. The first kappa shape index (κ1) is 24.0. The number of nitrogens with one attached hydrogen (secondary N) is 1. The molecule has 170 valence electrons. The van der Waals surface area contributed by atoms with Gasteiger partial charge in [0.25, 0.3) is 5.91 Å². The minimum Gasteiger partial charge on any atom is -0.426 e. The molecular formula is C24H31BN2O5. The number of hydrogen-bond donors (Lipinski definition) is 3. The van der Waals surface area contributed by atoms with E-state index in [1.807, 2.05) is 74.5 Å². The Balaban J connectivity index is 1.69. The van der Waals surface area contributed by atoms with E-state index in [9.17, 15) is 14.8 Å². The Kier molecular flexibility index (Phi) is 8.44. The van der Waals surface area contributed by atoms with Gasteiger partial charge in [0.2, 0.25) is 5.60 Å². The molecule has 0 saturated heterocycles. The Hall–Kier alpha value is -2.68. The molecule has 3 rings (SSSR count). The highest BCUT2D eigenvalue weighted by atomic mass is 16.7. The van der Waals surface area contributed by atoms with Crippen LogP contribution in [0.3, 0.4) is 0 Å². The molecule has 0 spiro atoms. The number of nitrogens with zero attached hydrogens (tertiary/aromatic N) is 1. The second-order valence-electron chi connectivity index (χ2n) is 8.68. The van der Waals surface area contributed by atoms with Gasteiger partial charge in [-0.3, -0.25) is 4.79 Å². The van der Waals surface area contributed by atoms with Crippen molar-refractivity contribution in [2.24, 2.45) is 11.1 Å². The molecule has 0 saturated carbocycles. The number of rotatable bonds is 11. The summed E-state index contributed by atoms with van der Waals surface area (Å²) in [5, 5.41) is 26.4. The standard InChI is InChI=1S/C24H31BN2O5/c1-18(2)13-22(25(29)30)26-23(28)24(14-19-9-5-3-6-10-19)15-21(27-32-24)17-31-16-20-11-7-4-8-12-20/h3-12,18,22,29-30H,13-17H2,1-2H3,(H,26,28)/t22-,24?/m0/s1. The highest BCUT2D eigenvalue weighted by Crippen LogP contribution is 2.29. The molecule has 1 aliphatic rings. The molecule has 2 atom stereocenters. The summed E-state index contributed by atoms with van der Waals surface area (Å²) < 4.78 is 5.78. The minimum absolute atomic E-state index is 0.176. The molecule has 32 heavy (non-hydrogen) atoms. The van der Waals surface area contributed by atoms with Crippen LogP contribution < -0.4 is 5.32 Å². The van der Waals surface area contributed by atoms with Gasteiger partial charge in [-0.25, -0.2) is 0 Å². The van der Waals surface area contributed by atoms with Crippen LogP contribution in [-0.2, 0) is 27.4 Å². The van der Waals surface area contributed by atoms with E-state index in [1.54, 1.807) is 0 Å². The average molecular weight is 438 g/mol. The molecule has 7 nitrogen and oxygen atoms in total. The van der Waals surface area contributed by atoms with Crippen molar-refractivity contribution in [2.45, 2.75) is 51.3 Å². The number of carbonyl (C=O) groups is 1. The van der Waals surface area contributed by atoms with Crippen molar-refractivity contribution in [3.05, 3.63) is 71.8 Å². The van der Waals surface area contributed by atoms with Crippen molar-refractivity contribution >= 4 is 18.7 Å². The van der Waals surface area contributed by atoms with Gasteiger partial charge in [-0.2, -0.15) is 0 Å². The van der Waals surface area contributed by atoms with E-state index in [0.717, 1.165) is 11.1 Å². The molecule has 0 aliphatic carbocycles. The first-order valence-corrected chi connectivity index (χ1v) is 10.9. The van der Waals surface area contributed by atoms with Crippen LogP contribution in [-0.4, -0.2) is 46.9 Å². The van der Waals surface area contributed by atoms with E-state index in [1.165, 1.54) is 0 Å². The van der Waals surface area contributed by atoms with Gasteiger partial charge in [0.05, 0.1) is 24.9 Å². The molecule has 8 heteroatoms. The van der Waals surface area contributed by atoms with Gasteiger partial charge in [-0.15, -0.1) is 0 Å². The third kappa shape index (κ3) is 6.66. The smallest absolute Gasteiger partial charge is 0.426 e. The third-order valence-electron chi connectivity index (χ3n) is 5.37. The van der Waals surface area contributed by atoms with Crippen molar-refractivity contribution in [2.75, 3.05) is 6.61 Å². The van der Waals surface area contributed by atoms with Crippen LogP contribution in [0.15, 0.2) is 65.8 Å². The summed E-state index contributed by atoms with van der Waals surface area (Å²) in [5.74, 6) is -1.03. The maximum absolute atomic E-state index is 13.3. The maximum atomic E-state index is 13.3. The summed E-state index contributed by atoms with van der Waals surface area (Å²) in [5.41, 5.74) is 1.34. The zero-order valence-corrected chi connectivity index (χ0v) is 18.6. The number of carbonyl (C=O) groups excluding carboxylic acids is 1. The summed E-state index contributed by atoms with van der Waals surface area (Å²) in [4.78, 5) is 19.1. The minimum atomic E-state index is -1.66. The van der Waals surface area contributed by atoms with Gasteiger partial charge in [0.15, 0.2) is 0 Å². The van der Waals surface area contributed by atoms with E-state index >= 15 is 0 Å². The quantitative estimate of drug-likeness (QED) is 0.468. The van der Waals surface area contributed by atoms with Crippen molar-refractivity contribution in [3.63, 3.8) is 0 Å². The van der Waals surface area contributed by atoms with Gasteiger partial charge in [0, 0.05) is 12.8 Å². The fraction of sp³-hybridized carbons (Fsp3) is 0.417. The lowest BCUT2D eigenvalue weighted by atomic mass is 9.74. The predicted molar refractivity (Wildman–Crippen MR) is 124 cm³/mol. The van der Waals surface area contributed by atoms with Crippen LogP contribution in [0.5, 0.6) is 0 Å². The highest BCUT2D eigenvalue weighted by molar-refractivity contribution is 6.43. The molecule has 1 amide bonds. The number of ether oxygens (including phenoxy) is 1. The molecule has 0 radical (unpaired) electrons. The maximum Gasteiger partial charge on any atom is 0.475 e. The van der Waals surface area contributed by atoms with Crippen LogP contribution >= 0.6 is 0 Å². The lowest BCUT2D eigenvalue weighted by Gasteiger charge is -2.29. The van der Waals surface area contributed by atoms with Crippen LogP contribution in [0.4, 0.5) is 0 Å². The first-order chi connectivity index (χ1) is 15.4. The van der Waals surface area contributed by atoms with Crippen LogP contribution in [0.1, 0.15) is 37.8 Å². The molecule has 0 aromatic heterocycles. The Morgan fingerprint density at radius 2 is 1.72 bits per heavy atom. The molecule has 2 aromatic rings. The van der Waals surface area contributed by atoms with Crippen LogP contribution in [0, 0.1) is 5.92 Å². The number of hydrogen-bond acceptors (Lipinski definition) is 6. The van der Waals surface area contributed by atoms with Gasteiger partial charge >= 0.3 is 7.12 Å². The van der Waals surface area contributed by atoms with E-state index in [0.29, 0.717) is 25.2 Å². The number of oxime groups is 1. The van der Waals surface area contributed by atoms with Gasteiger partial charge < -0.3 is 24.9 Å². The summed E-state index contributed by atoms with van der Waals surface area (Å²) in [6.45, 7) is 4.60. The highest BCUT2D eigenvalue weighted by Gasteiger charge is 2.48. The average Bonchev–Trinajstić information content (AvgIpc) is 3.18. The van der Waals surface area contributed by atoms with Crippen molar-refractivity contribution in [3.8, 4) is 0 Å². The Bertz CT molecular complexity index is 892. The summed E-state index contributed by atoms with van der Waals surface area (Å²) in [6, 6.07) is 19.4. The van der Waals surface area contributed by atoms with E-state index in [4.69, 9.17) is 9.57 Å². The SMILES string of the molecule is CC(C)C[C@H](NC(=O)C1(Cc2ccccc2)CC(COCc2ccccc2)=NO1)B(O)O. The normalized spacial score (nSPS) is 18.7. The zero-order valence-electron chi connectivity index (χ0n) is 18.6. The third-order valence-corrected chi connectivity index (χ3v) is 5.37. The largest absolute Gasteiger partial charge is 0.475 e. The van der Waals surface area contributed by atoms with E-state index in [2.05, 4.69) is 10.5 Å². The fourth-order valence-corrected chi connectivity index (χ4v) is 3.77. The molecule has 3 N–H and O–H groups in total. The molecular weight excluding hydrogens is 407 g/mol. The summed E-state index contributed by atoms with van der Waals surface area (Å²) >= 11 is 0. The lowest BCUT2D eigenvalue weighted by Crippen LogP contribution is -2.56. The monoisotopic (exact) mass is 438 g/mol. The van der Waals surface area contributed by atoms with Crippen molar-refractivity contribution < 1.29 is 24.4 Å². The topological polar surface area (TPSA) is 100 Å². The van der Waals surface area contributed by atoms with Crippen LogP contribution in [0.2, 0.25) is 0 Å². The Labute approximate surface area is 189 Å². The molecule has 1 aliphatic heterocycles.